The van der Waals surface area contributed by atoms with Crippen LogP contribution in [-0.2, 0) is 4.74 Å². The van der Waals surface area contributed by atoms with E-state index < -0.39 is 0 Å². The van der Waals surface area contributed by atoms with Crippen molar-refractivity contribution < 1.29 is 9.53 Å². The highest BCUT2D eigenvalue weighted by atomic mass is 79.9. The SMILES string of the molecule is CCOC(=O)c1[nH]c2cc(Cl)c(Br)cc2c1-c1cccc(Br)c1. The first-order valence-corrected chi connectivity index (χ1v) is 8.91. The summed E-state index contributed by atoms with van der Waals surface area (Å²) in [7, 11) is 0. The second-order valence-electron chi connectivity index (χ2n) is 4.92. The first kappa shape index (κ1) is 16.6. The first-order valence-electron chi connectivity index (χ1n) is 6.95. The number of hydrogen-bond acceptors (Lipinski definition) is 2. The summed E-state index contributed by atoms with van der Waals surface area (Å²) in [5.74, 6) is -0.383. The molecule has 1 heterocycles. The summed E-state index contributed by atoms with van der Waals surface area (Å²) < 4.78 is 6.90. The number of rotatable bonds is 3. The number of aromatic nitrogens is 1. The summed E-state index contributed by atoms with van der Waals surface area (Å²) in [5, 5.41) is 1.48. The Bertz CT molecular complexity index is 905. The Balaban J connectivity index is 2.33. The molecule has 0 spiro atoms. The summed E-state index contributed by atoms with van der Waals surface area (Å²) in [6.07, 6.45) is 0. The highest BCUT2D eigenvalue weighted by molar-refractivity contribution is 9.10. The van der Waals surface area contributed by atoms with Gasteiger partial charge in [-0.25, -0.2) is 4.79 Å². The third-order valence-corrected chi connectivity index (χ3v) is 5.12. The molecule has 0 fully saturated rings. The van der Waals surface area contributed by atoms with Crippen LogP contribution in [0.15, 0.2) is 45.3 Å². The van der Waals surface area contributed by atoms with E-state index in [1.165, 1.54) is 0 Å². The molecule has 0 amide bonds. The number of carbonyl (C=O) groups excluding carboxylic acids is 1. The number of H-pyrrole nitrogens is 1. The van der Waals surface area contributed by atoms with E-state index in [1.54, 1.807) is 13.0 Å². The van der Waals surface area contributed by atoms with Crippen molar-refractivity contribution >= 4 is 60.3 Å². The van der Waals surface area contributed by atoms with Gasteiger partial charge in [-0.15, -0.1) is 0 Å². The predicted octanol–water partition coefficient (Wildman–Crippen LogP) is 6.19. The summed E-state index contributed by atoms with van der Waals surface area (Å²) in [5.41, 5.74) is 2.94. The molecule has 3 rings (SSSR count). The highest BCUT2D eigenvalue weighted by Crippen LogP contribution is 2.38. The van der Waals surface area contributed by atoms with Crippen molar-refractivity contribution in [1.29, 1.82) is 0 Å². The molecule has 118 valence electrons. The molecule has 1 aromatic heterocycles. The molecule has 3 nitrogen and oxygen atoms in total. The Hall–Kier alpha value is -1.30. The Labute approximate surface area is 155 Å². The molecule has 0 atom stereocenters. The minimum atomic E-state index is -0.383. The summed E-state index contributed by atoms with van der Waals surface area (Å²) in [6.45, 7) is 2.10. The van der Waals surface area contributed by atoms with E-state index in [0.717, 1.165) is 31.0 Å². The summed E-state index contributed by atoms with van der Waals surface area (Å²) in [6, 6.07) is 11.5. The van der Waals surface area contributed by atoms with Crippen LogP contribution in [0.2, 0.25) is 5.02 Å². The average Bonchev–Trinajstić information content (AvgIpc) is 2.86. The molecule has 0 unspecified atom stereocenters. The van der Waals surface area contributed by atoms with Gasteiger partial charge in [-0.1, -0.05) is 39.7 Å². The fraction of sp³-hybridized carbons (Fsp3) is 0.118. The maximum atomic E-state index is 12.4. The van der Waals surface area contributed by atoms with Gasteiger partial charge in [0.1, 0.15) is 5.69 Å². The van der Waals surface area contributed by atoms with Crippen LogP contribution in [0, 0.1) is 0 Å². The molecule has 23 heavy (non-hydrogen) atoms. The van der Waals surface area contributed by atoms with Gasteiger partial charge in [-0.3, -0.25) is 0 Å². The number of aromatic amines is 1. The Morgan fingerprint density at radius 3 is 2.74 bits per heavy atom. The molecule has 0 bridgehead atoms. The molecule has 1 N–H and O–H groups in total. The first-order chi connectivity index (χ1) is 11.0. The zero-order valence-corrected chi connectivity index (χ0v) is 16.0. The van der Waals surface area contributed by atoms with Crippen molar-refractivity contribution in [2.75, 3.05) is 6.61 Å². The largest absolute Gasteiger partial charge is 0.461 e. The third-order valence-electron chi connectivity index (χ3n) is 3.43. The minimum Gasteiger partial charge on any atom is -0.461 e. The van der Waals surface area contributed by atoms with Crippen molar-refractivity contribution in [2.45, 2.75) is 6.92 Å². The molecule has 0 aliphatic carbocycles. The van der Waals surface area contributed by atoms with E-state index in [4.69, 9.17) is 16.3 Å². The lowest BCUT2D eigenvalue weighted by Crippen LogP contribution is -2.06. The lowest BCUT2D eigenvalue weighted by Gasteiger charge is -2.06. The van der Waals surface area contributed by atoms with Crippen LogP contribution in [0.5, 0.6) is 0 Å². The Morgan fingerprint density at radius 2 is 2.04 bits per heavy atom. The second-order valence-corrected chi connectivity index (χ2v) is 7.09. The van der Waals surface area contributed by atoms with E-state index in [0.29, 0.717) is 17.3 Å². The molecule has 2 aromatic carbocycles. The van der Waals surface area contributed by atoms with Gasteiger partial charge in [0, 0.05) is 25.4 Å². The van der Waals surface area contributed by atoms with Gasteiger partial charge in [0.25, 0.3) is 0 Å². The van der Waals surface area contributed by atoms with Gasteiger partial charge < -0.3 is 9.72 Å². The van der Waals surface area contributed by atoms with Gasteiger partial charge in [-0.05, 0) is 52.7 Å². The van der Waals surface area contributed by atoms with Crippen LogP contribution in [0.1, 0.15) is 17.4 Å². The maximum Gasteiger partial charge on any atom is 0.355 e. The van der Waals surface area contributed by atoms with Crippen LogP contribution in [0.25, 0.3) is 22.0 Å². The number of ether oxygens (including phenoxy) is 1. The summed E-state index contributed by atoms with van der Waals surface area (Å²) in [4.78, 5) is 15.5. The molecule has 0 saturated heterocycles. The van der Waals surface area contributed by atoms with Gasteiger partial charge in [-0.2, -0.15) is 0 Å². The number of nitrogens with one attached hydrogen (secondary N) is 1. The van der Waals surface area contributed by atoms with Crippen molar-refractivity contribution in [3.63, 3.8) is 0 Å². The number of benzene rings is 2. The lowest BCUT2D eigenvalue weighted by atomic mass is 10.0. The Kier molecular flexibility index (Phi) is 4.80. The number of fused-ring (bicyclic) bond motifs is 1. The molecular formula is C17H12Br2ClNO2. The monoisotopic (exact) mass is 455 g/mol. The fourth-order valence-electron chi connectivity index (χ4n) is 2.49. The van der Waals surface area contributed by atoms with E-state index in [9.17, 15) is 4.79 Å². The van der Waals surface area contributed by atoms with Crippen LogP contribution in [-0.4, -0.2) is 17.6 Å². The summed E-state index contributed by atoms with van der Waals surface area (Å²) >= 11 is 13.1. The molecule has 0 aliphatic heterocycles. The van der Waals surface area contributed by atoms with Crippen molar-refractivity contribution in [2.24, 2.45) is 0 Å². The van der Waals surface area contributed by atoms with Gasteiger partial charge in [0.05, 0.1) is 11.6 Å². The quantitative estimate of drug-likeness (QED) is 0.477. The van der Waals surface area contributed by atoms with Crippen LogP contribution < -0.4 is 0 Å². The predicted molar refractivity (Wildman–Crippen MR) is 100 cm³/mol. The van der Waals surface area contributed by atoms with Crippen LogP contribution >= 0.6 is 43.5 Å². The van der Waals surface area contributed by atoms with E-state index in [-0.39, 0.29) is 5.97 Å². The molecule has 3 aromatic rings. The number of carbonyl (C=O) groups is 1. The van der Waals surface area contributed by atoms with Crippen LogP contribution in [0.3, 0.4) is 0 Å². The third kappa shape index (κ3) is 3.18. The van der Waals surface area contributed by atoms with E-state index in [1.807, 2.05) is 30.3 Å². The molecule has 0 saturated carbocycles. The normalized spacial score (nSPS) is 11.0. The van der Waals surface area contributed by atoms with Crippen molar-refractivity contribution in [3.05, 3.63) is 56.1 Å². The molecule has 0 radical (unpaired) electrons. The van der Waals surface area contributed by atoms with Gasteiger partial charge >= 0.3 is 5.97 Å². The minimum absolute atomic E-state index is 0.316. The van der Waals surface area contributed by atoms with E-state index in [2.05, 4.69) is 36.8 Å². The lowest BCUT2D eigenvalue weighted by molar-refractivity contribution is 0.0521. The smallest absolute Gasteiger partial charge is 0.355 e. The number of halogens is 3. The van der Waals surface area contributed by atoms with Crippen molar-refractivity contribution in [1.82, 2.24) is 4.98 Å². The zero-order chi connectivity index (χ0) is 16.6. The standard InChI is InChI=1S/C17H12Br2ClNO2/c1-2-23-17(22)16-15(9-4-3-5-10(18)6-9)11-7-12(19)13(20)8-14(11)21-16/h3-8,21H,2H2,1H3. The topological polar surface area (TPSA) is 42.1 Å². The van der Waals surface area contributed by atoms with Gasteiger partial charge in [0.2, 0.25) is 0 Å². The second kappa shape index (κ2) is 6.67. The molecule has 6 heteroatoms. The zero-order valence-electron chi connectivity index (χ0n) is 12.1. The average molecular weight is 458 g/mol. The Morgan fingerprint density at radius 1 is 1.26 bits per heavy atom. The van der Waals surface area contributed by atoms with E-state index >= 15 is 0 Å². The van der Waals surface area contributed by atoms with Crippen LogP contribution in [0.4, 0.5) is 0 Å². The van der Waals surface area contributed by atoms with Gasteiger partial charge in [0.15, 0.2) is 0 Å². The molecule has 0 aliphatic rings. The maximum absolute atomic E-state index is 12.4. The fourth-order valence-corrected chi connectivity index (χ4v) is 3.40. The highest BCUT2D eigenvalue weighted by Gasteiger charge is 2.21. The molecular weight excluding hydrogens is 445 g/mol. The number of hydrogen-bond donors (Lipinski definition) is 1. The number of esters is 1. The van der Waals surface area contributed by atoms with Crippen molar-refractivity contribution in [3.8, 4) is 11.1 Å².